The number of rotatable bonds is 7. The highest BCUT2D eigenvalue weighted by Gasteiger charge is 2.15. The second-order valence-electron chi connectivity index (χ2n) is 7.03. The third kappa shape index (κ3) is 6.72. The van der Waals surface area contributed by atoms with E-state index in [-0.39, 0.29) is 10.7 Å². The maximum atomic E-state index is 12.1. The van der Waals surface area contributed by atoms with Gasteiger partial charge in [-0.15, -0.1) is 0 Å². The number of hydrogen-bond donors (Lipinski definition) is 2. The first-order chi connectivity index (χ1) is 16.3. The molecule has 0 spiro atoms. The zero-order valence-electron chi connectivity index (χ0n) is 18.2. The summed E-state index contributed by atoms with van der Waals surface area (Å²) in [6, 6.07) is 15.9. The molecule has 0 heterocycles. The smallest absolute Gasteiger partial charge is 0.329 e. The van der Waals surface area contributed by atoms with Gasteiger partial charge in [0.2, 0.25) is 0 Å². The van der Waals surface area contributed by atoms with E-state index in [0.29, 0.717) is 33.2 Å². The number of nitrogens with one attached hydrogen (secondary N) is 2. The molecule has 0 fully saturated rings. The summed E-state index contributed by atoms with van der Waals surface area (Å²) in [5.41, 5.74) is 5.16. The normalized spacial score (nSPS) is 10.7. The van der Waals surface area contributed by atoms with Crippen LogP contribution in [-0.4, -0.2) is 25.1 Å². The summed E-state index contributed by atoms with van der Waals surface area (Å²) in [6.07, 6.45) is 1.37. The summed E-state index contributed by atoms with van der Waals surface area (Å²) in [7, 11) is 1.52. The number of methoxy groups -OCH3 is 1. The minimum atomic E-state index is -0.975. The van der Waals surface area contributed by atoms with E-state index in [1.54, 1.807) is 18.2 Å². The number of carbonyl (C=O) groups is 2. The largest absolute Gasteiger partial charge is 0.493 e. The van der Waals surface area contributed by atoms with E-state index in [1.807, 2.05) is 31.2 Å². The third-order valence-corrected chi connectivity index (χ3v) is 5.80. The van der Waals surface area contributed by atoms with Gasteiger partial charge >= 0.3 is 11.8 Å². The first kappa shape index (κ1) is 25.6. The molecule has 0 aliphatic rings. The molecule has 0 bridgehead atoms. The molecule has 0 unspecified atom stereocenters. The van der Waals surface area contributed by atoms with Crippen molar-refractivity contribution in [3.05, 3.63) is 85.8 Å². The molecule has 0 saturated heterocycles. The van der Waals surface area contributed by atoms with Gasteiger partial charge in [-0.3, -0.25) is 9.59 Å². The monoisotopic (exact) mass is 563 g/mol. The van der Waals surface area contributed by atoms with Crippen molar-refractivity contribution in [2.24, 2.45) is 5.10 Å². The van der Waals surface area contributed by atoms with Gasteiger partial charge in [-0.25, -0.2) is 5.43 Å². The highest BCUT2D eigenvalue weighted by molar-refractivity contribution is 9.10. The lowest BCUT2D eigenvalue weighted by Gasteiger charge is -2.14. The van der Waals surface area contributed by atoms with Crippen molar-refractivity contribution < 1.29 is 19.1 Å². The van der Waals surface area contributed by atoms with Crippen LogP contribution >= 0.6 is 39.1 Å². The number of ether oxygens (including phenoxy) is 2. The molecule has 3 aromatic rings. The minimum Gasteiger partial charge on any atom is -0.493 e. The van der Waals surface area contributed by atoms with E-state index in [0.717, 1.165) is 11.1 Å². The quantitative estimate of drug-likeness (QED) is 0.217. The van der Waals surface area contributed by atoms with Crippen LogP contribution in [0.1, 0.15) is 16.7 Å². The number of amides is 2. The van der Waals surface area contributed by atoms with Crippen molar-refractivity contribution in [2.75, 3.05) is 12.4 Å². The maximum absolute atomic E-state index is 12.1. The summed E-state index contributed by atoms with van der Waals surface area (Å²) in [4.78, 5) is 24.1. The molecule has 0 saturated carbocycles. The van der Waals surface area contributed by atoms with Gasteiger partial charge in [0, 0.05) is 5.02 Å². The fourth-order valence-corrected chi connectivity index (χ4v) is 3.78. The lowest BCUT2D eigenvalue weighted by molar-refractivity contribution is -0.136. The number of nitrogens with zero attached hydrogens (tertiary/aromatic N) is 1. The number of anilines is 1. The number of aryl methyl sites for hydroxylation is 1. The predicted octanol–water partition coefficient (Wildman–Crippen LogP) is 5.74. The number of halogens is 3. The molecule has 0 aliphatic heterocycles. The van der Waals surface area contributed by atoms with Gasteiger partial charge in [0.05, 0.1) is 28.5 Å². The lowest BCUT2D eigenvalue weighted by Crippen LogP contribution is -2.32. The fourth-order valence-electron chi connectivity index (χ4n) is 2.86. The van der Waals surface area contributed by atoms with Gasteiger partial charge in [-0.2, -0.15) is 5.10 Å². The van der Waals surface area contributed by atoms with Crippen LogP contribution in [0.15, 0.2) is 64.2 Å². The van der Waals surface area contributed by atoms with Gasteiger partial charge in [0.1, 0.15) is 6.61 Å². The van der Waals surface area contributed by atoms with Gasteiger partial charge in [0.15, 0.2) is 11.5 Å². The Morgan fingerprint density at radius 3 is 2.59 bits per heavy atom. The number of benzene rings is 3. The lowest BCUT2D eigenvalue weighted by atomic mass is 10.1. The predicted molar refractivity (Wildman–Crippen MR) is 137 cm³/mol. The topological polar surface area (TPSA) is 89.0 Å². The van der Waals surface area contributed by atoms with Crippen molar-refractivity contribution in [3.63, 3.8) is 0 Å². The van der Waals surface area contributed by atoms with Crippen LogP contribution in [0.5, 0.6) is 11.5 Å². The van der Waals surface area contributed by atoms with Crippen LogP contribution in [-0.2, 0) is 16.2 Å². The Hall–Kier alpha value is -3.07. The zero-order valence-corrected chi connectivity index (χ0v) is 21.3. The van der Waals surface area contributed by atoms with Gasteiger partial charge in [-0.05, 0) is 69.9 Å². The molecule has 176 valence electrons. The van der Waals surface area contributed by atoms with Crippen LogP contribution < -0.4 is 20.2 Å². The fraction of sp³-hybridized carbons (Fsp3) is 0.125. The average molecular weight is 565 g/mol. The maximum Gasteiger partial charge on any atom is 0.329 e. The van der Waals surface area contributed by atoms with Crippen LogP contribution in [0.25, 0.3) is 0 Å². The molecule has 2 N–H and O–H groups in total. The summed E-state index contributed by atoms with van der Waals surface area (Å²) < 4.78 is 12.1. The first-order valence-corrected chi connectivity index (χ1v) is 11.5. The van der Waals surface area contributed by atoms with E-state index in [9.17, 15) is 9.59 Å². The molecular formula is C24H20BrCl2N3O4. The van der Waals surface area contributed by atoms with E-state index in [1.165, 1.54) is 25.5 Å². The summed E-state index contributed by atoms with van der Waals surface area (Å²) in [5, 5.41) is 6.83. The summed E-state index contributed by atoms with van der Waals surface area (Å²) in [6.45, 7) is 2.39. The molecule has 0 aromatic heterocycles. The van der Waals surface area contributed by atoms with Crippen molar-refractivity contribution in [1.29, 1.82) is 0 Å². The first-order valence-electron chi connectivity index (χ1n) is 9.92. The zero-order chi connectivity index (χ0) is 24.7. The molecule has 2 amide bonds. The molecule has 0 radical (unpaired) electrons. The van der Waals surface area contributed by atoms with Gasteiger partial charge in [0.25, 0.3) is 0 Å². The molecule has 10 heteroatoms. The van der Waals surface area contributed by atoms with Crippen LogP contribution in [0.2, 0.25) is 10.0 Å². The standard InChI is InChI=1S/C24H20BrCl2N3O4/c1-14-5-3-4-6-16(14)13-34-22-18(25)9-15(10-21(22)33-2)12-28-30-24(32)23(31)29-20-11-17(26)7-8-19(20)27/h3-12H,13H2,1-2H3,(H,29,31)(H,30,32). The average Bonchev–Trinajstić information content (AvgIpc) is 2.81. The Labute approximate surface area is 215 Å². The second kappa shape index (κ2) is 11.9. The molecule has 3 aromatic carbocycles. The van der Waals surface area contributed by atoms with E-state index < -0.39 is 11.8 Å². The molecule has 3 rings (SSSR count). The SMILES string of the molecule is COc1cc(C=NNC(=O)C(=O)Nc2cc(Cl)ccc2Cl)cc(Br)c1OCc1ccccc1C. The number of hydrogen-bond acceptors (Lipinski definition) is 5. The number of hydrazone groups is 1. The molecule has 7 nitrogen and oxygen atoms in total. The molecule has 0 aliphatic carbocycles. The van der Waals surface area contributed by atoms with E-state index in [2.05, 4.69) is 31.8 Å². The highest BCUT2D eigenvalue weighted by Crippen LogP contribution is 2.37. The Kier molecular flexibility index (Phi) is 8.92. The van der Waals surface area contributed by atoms with Crippen LogP contribution in [0, 0.1) is 6.92 Å². The van der Waals surface area contributed by atoms with Gasteiger partial charge in [-0.1, -0.05) is 47.5 Å². The summed E-state index contributed by atoms with van der Waals surface area (Å²) in [5.74, 6) is -0.912. The van der Waals surface area contributed by atoms with E-state index in [4.69, 9.17) is 32.7 Å². The van der Waals surface area contributed by atoms with Crippen molar-refractivity contribution in [2.45, 2.75) is 13.5 Å². The Morgan fingerprint density at radius 2 is 1.85 bits per heavy atom. The summed E-state index contributed by atoms with van der Waals surface area (Å²) >= 11 is 15.4. The third-order valence-electron chi connectivity index (χ3n) is 4.65. The Morgan fingerprint density at radius 1 is 1.09 bits per heavy atom. The van der Waals surface area contributed by atoms with Crippen molar-refractivity contribution in [3.8, 4) is 11.5 Å². The second-order valence-corrected chi connectivity index (χ2v) is 8.72. The Bertz CT molecular complexity index is 1250. The molecular weight excluding hydrogens is 545 g/mol. The van der Waals surface area contributed by atoms with Crippen molar-refractivity contribution in [1.82, 2.24) is 5.43 Å². The van der Waals surface area contributed by atoms with Crippen LogP contribution in [0.3, 0.4) is 0 Å². The van der Waals surface area contributed by atoms with Gasteiger partial charge < -0.3 is 14.8 Å². The highest BCUT2D eigenvalue weighted by atomic mass is 79.9. The van der Waals surface area contributed by atoms with Crippen LogP contribution in [0.4, 0.5) is 5.69 Å². The molecule has 0 atom stereocenters. The number of carbonyl (C=O) groups excluding carboxylic acids is 2. The molecule has 34 heavy (non-hydrogen) atoms. The van der Waals surface area contributed by atoms with Crippen molar-refractivity contribution >= 4 is 62.8 Å². The van der Waals surface area contributed by atoms with E-state index >= 15 is 0 Å². The minimum absolute atomic E-state index is 0.216. The Balaban J connectivity index is 1.64.